The molecule has 2 rings (SSSR count). The van der Waals surface area contributed by atoms with Crippen LogP contribution >= 0.6 is 0 Å². The Bertz CT molecular complexity index is 690. The standard InChI is InChI=1S/C13H17N3O2S/c1-4-19(17,18)13-8-6-5-7-11(13)14-12-9-16(3)15-10(12)2/h5-9,14H,4H2,1-3H3. The van der Waals surface area contributed by atoms with Crippen LogP contribution in [0, 0.1) is 6.92 Å². The highest BCUT2D eigenvalue weighted by Gasteiger charge is 2.16. The van der Waals surface area contributed by atoms with Crippen molar-refractivity contribution in [1.29, 1.82) is 0 Å². The fourth-order valence-corrected chi connectivity index (χ4v) is 2.92. The zero-order valence-corrected chi connectivity index (χ0v) is 12.0. The monoisotopic (exact) mass is 279 g/mol. The highest BCUT2D eigenvalue weighted by atomic mass is 32.2. The molecular weight excluding hydrogens is 262 g/mol. The molecule has 0 aliphatic carbocycles. The molecular formula is C13H17N3O2S. The maximum Gasteiger partial charge on any atom is 0.180 e. The van der Waals surface area contributed by atoms with Gasteiger partial charge in [0.2, 0.25) is 0 Å². The number of sulfone groups is 1. The van der Waals surface area contributed by atoms with E-state index in [4.69, 9.17) is 0 Å². The van der Waals surface area contributed by atoms with E-state index < -0.39 is 9.84 Å². The molecule has 19 heavy (non-hydrogen) atoms. The number of hydrogen-bond donors (Lipinski definition) is 1. The Hall–Kier alpha value is -1.82. The number of aryl methyl sites for hydroxylation is 2. The number of aromatic nitrogens is 2. The lowest BCUT2D eigenvalue weighted by atomic mass is 10.3. The summed E-state index contributed by atoms with van der Waals surface area (Å²) in [5, 5.41) is 7.36. The van der Waals surface area contributed by atoms with Gasteiger partial charge in [-0.1, -0.05) is 19.1 Å². The molecule has 0 fully saturated rings. The topological polar surface area (TPSA) is 64.0 Å². The summed E-state index contributed by atoms with van der Waals surface area (Å²) in [6.45, 7) is 3.51. The number of rotatable bonds is 4. The van der Waals surface area contributed by atoms with Gasteiger partial charge in [0.1, 0.15) is 0 Å². The van der Waals surface area contributed by atoms with Crippen molar-refractivity contribution in [3.63, 3.8) is 0 Å². The van der Waals surface area contributed by atoms with Crippen LogP contribution in [0.3, 0.4) is 0 Å². The van der Waals surface area contributed by atoms with Gasteiger partial charge in [0.15, 0.2) is 9.84 Å². The second-order valence-electron chi connectivity index (χ2n) is 4.33. The zero-order valence-electron chi connectivity index (χ0n) is 11.2. The second kappa shape index (κ2) is 5.05. The number of nitrogens with one attached hydrogen (secondary N) is 1. The second-order valence-corrected chi connectivity index (χ2v) is 6.57. The van der Waals surface area contributed by atoms with Crippen molar-refractivity contribution in [3.05, 3.63) is 36.2 Å². The minimum absolute atomic E-state index is 0.0811. The molecule has 0 amide bonds. The molecule has 1 N–H and O–H groups in total. The number of anilines is 2. The third-order valence-corrected chi connectivity index (χ3v) is 4.67. The average Bonchev–Trinajstić information content (AvgIpc) is 2.68. The third-order valence-electron chi connectivity index (χ3n) is 2.88. The van der Waals surface area contributed by atoms with E-state index in [1.54, 1.807) is 29.8 Å². The Morgan fingerprint density at radius 1 is 1.26 bits per heavy atom. The molecule has 0 unspecified atom stereocenters. The smallest absolute Gasteiger partial charge is 0.180 e. The van der Waals surface area contributed by atoms with Crippen LogP contribution in [-0.4, -0.2) is 24.0 Å². The summed E-state index contributed by atoms with van der Waals surface area (Å²) in [6.07, 6.45) is 1.82. The van der Waals surface area contributed by atoms with Gasteiger partial charge in [0.05, 0.1) is 27.7 Å². The number of nitrogens with zero attached hydrogens (tertiary/aromatic N) is 2. The molecule has 0 radical (unpaired) electrons. The maximum absolute atomic E-state index is 12.0. The summed E-state index contributed by atoms with van der Waals surface area (Å²) < 4.78 is 25.8. The maximum atomic E-state index is 12.0. The summed E-state index contributed by atoms with van der Waals surface area (Å²) in [6, 6.07) is 6.91. The molecule has 0 atom stereocenters. The largest absolute Gasteiger partial charge is 0.352 e. The van der Waals surface area contributed by atoms with Gasteiger partial charge < -0.3 is 5.32 Å². The lowest BCUT2D eigenvalue weighted by Crippen LogP contribution is -2.07. The van der Waals surface area contributed by atoms with Crippen LogP contribution < -0.4 is 5.32 Å². The van der Waals surface area contributed by atoms with Gasteiger partial charge in [0, 0.05) is 13.2 Å². The SMILES string of the molecule is CCS(=O)(=O)c1ccccc1Nc1cn(C)nc1C. The van der Waals surface area contributed by atoms with Gasteiger partial charge in [-0.15, -0.1) is 0 Å². The number of para-hydroxylation sites is 1. The highest BCUT2D eigenvalue weighted by Crippen LogP contribution is 2.26. The molecule has 0 spiro atoms. The average molecular weight is 279 g/mol. The van der Waals surface area contributed by atoms with E-state index in [9.17, 15) is 8.42 Å². The molecule has 1 aromatic carbocycles. The summed E-state index contributed by atoms with van der Waals surface area (Å²) >= 11 is 0. The Morgan fingerprint density at radius 3 is 2.53 bits per heavy atom. The molecule has 2 aromatic rings. The van der Waals surface area contributed by atoms with Crippen LogP contribution in [0.4, 0.5) is 11.4 Å². The molecule has 0 aliphatic rings. The van der Waals surface area contributed by atoms with Gasteiger partial charge in [-0.05, 0) is 19.1 Å². The van der Waals surface area contributed by atoms with E-state index >= 15 is 0 Å². The van der Waals surface area contributed by atoms with Crippen molar-refractivity contribution in [2.24, 2.45) is 7.05 Å². The van der Waals surface area contributed by atoms with Gasteiger partial charge >= 0.3 is 0 Å². The number of benzene rings is 1. The van der Waals surface area contributed by atoms with Gasteiger partial charge in [-0.3, -0.25) is 4.68 Å². The van der Waals surface area contributed by atoms with Crippen LogP contribution in [0.2, 0.25) is 0 Å². The first-order valence-electron chi connectivity index (χ1n) is 6.03. The lowest BCUT2D eigenvalue weighted by molar-refractivity contribution is 0.597. The summed E-state index contributed by atoms with van der Waals surface area (Å²) in [5.41, 5.74) is 2.22. The van der Waals surface area contributed by atoms with Crippen molar-refractivity contribution in [3.8, 4) is 0 Å². The minimum atomic E-state index is -3.24. The van der Waals surface area contributed by atoms with Crippen molar-refractivity contribution >= 4 is 21.2 Å². The molecule has 0 saturated carbocycles. The van der Waals surface area contributed by atoms with E-state index in [0.29, 0.717) is 10.6 Å². The zero-order chi connectivity index (χ0) is 14.0. The first-order chi connectivity index (χ1) is 8.94. The summed E-state index contributed by atoms with van der Waals surface area (Å²) in [7, 11) is -1.42. The lowest BCUT2D eigenvalue weighted by Gasteiger charge is -2.10. The van der Waals surface area contributed by atoms with Crippen molar-refractivity contribution < 1.29 is 8.42 Å². The molecule has 0 saturated heterocycles. The van der Waals surface area contributed by atoms with Gasteiger partial charge in [-0.25, -0.2) is 8.42 Å². The molecule has 1 aromatic heterocycles. The van der Waals surface area contributed by atoms with Gasteiger partial charge in [0.25, 0.3) is 0 Å². The van der Waals surface area contributed by atoms with E-state index in [1.165, 1.54) is 0 Å². The van der Waals surface area contributed by atoms with E-state index in [1.807, 2.05) is 26.2 Å². The fourth-order valence-electron chi connectivity index (χ4n) is 1.86. The summed E-state index contributed by atoms with van der Waals surface area (Å²) in [5.74, 6) is 0.0811. The first kappa shape index (κ1) is 13.6. The number of hydrogen-bond acceptors (Lipinski definition) is 4. The Balaban J connectivity index is 2.44. The van der Waals surface area contributed by atoms with Crippen LogP contribution in [0.15, 0.2) is 35.4 Å². The van der Waals surface area contributed by atoms with Crippen LogP contribution in [0.5, 0.6) is 0 Å². The van der Waals surface area contributed by atoms with E-state index in [-0.39, 0.29) is 5.75 Å². The van der Waals surface area contributed by atoms with Crippen LogP contribution in [-0.2, 0) is 16.9 Å². The predicted molar refractivity (Wildman–Crippen MR) is 75.4 cm³/mol. The Kier molecular flexibility index (Phi) is 3.61. The quantitative estimate of drug-likeness (QED) is 0.932. The Labute approximate surface area is 113 Å². The Morgan fingerprint density at radius 2 is 1.95 bits per heavy atom. The molecule has 0 bridgehead atoms. The van der Waals surface area contributed by atoms with Crippen molar-refractivity contribution in [2.45, 2.75) is 18.7 Å². The van der Waals surface area contributed by atoms with E-state index in [2.05, 4.69) is 10.4 Å². The molecule has 6 heteroatoms. The molecule has 5 nitrogen and oxygen atoms in total. The summed E-state index contributed by atoms with van der Waals surface area (Å²) in [4.78, 5) is 0.320. The fraction of sp³-hybridized carbons (Fsp3) is 0.308. The van der Waals surface area contributed by atoms with Crippen molar-refractivity contribution in [2.75, 3.05) is 11.1 Å². The third kappa shape index (κ3) is 2.78. The van der Waals surface area contributed by atoms with Gasteiger partial charge in [-0.2, -0.15) is 5.10 Å². The first-order valence-corrected chi connectivity index (χ1v) is 7.68. The van der Waals surface area contributed by atoms with E-state index in [0.717, 1.165) is 11.4 Å². The molecule has 1 heterocycles. The van der Waals surface area contributed by atoms with Crippen molar-refractivity contribution in [1.82, 2.24) is 9.78 Å². The minimum Gasteiger partial charge on any atom is -0.352 e. The normalized spacial score (nSPS) is 11.5. The highest BCUT2D eigenvalue weighted by molar-refractivity contribution is 7.91. The van der Waals surface area contributed by atoms with Crippen LogP contribution in [0.25, 0.3) is 0 Å². The predicted octanol–water partition coefficient (Wildman–Crippen LogP) is 2.27. The molecule has 0 aliphatic heterocycles. The van der Waals surface area contributed by atoms with Crippen LogP contribution in [0.1, 0.15) is 12.6 Å². The molecule has 102 valence electrons.